The van der Waals surface area contributed by atoms with Crippen LogP contribution in [-0.4, -0.2) is 11.4 Å². The second-order valence-corrected chi connectivity index (χ2v) is 4.42. The standard InChI is InChI=1S/C15H18N2O/c1-5-8-16-14-7-6-13(9-10(14)2)15-11(3)17-18-12(15)4/h6-9H,5H2,1-4H3. The fraction of sp³-hybridized carbons (Fsp3) is 0.333. The zero-order valence-electron chi connectivity index (χ0n) is 11.3. The first kappa shape index (κ1) is 12.6. The third-order valence-corrected chi connectivity index (χ3v) is 2.93. The van der Waals surface area contributed by atoms with Gasteiger partial charge >= 0.3 is 0 Å². The van der Waals surface area contributed by atoms with Gasteiger partial charge in [-0.05, 0) is 50.5 Å². The lowest BCUT2D eigenvalue weighted by Gasteiger charge is -2.05. The topological polar surface area (TPSA) is 38.4 Å². The molecule has 0 fully saturated rings. The van der Waals surface area contributed by atoms with Crippen LogP contribution in [0.25, 0.3) is 11.1 Å². The van der Waals surface area contributed by atoms with E-state index in [2.05, 4.69) is 36.1 Å². The highest BCUT2D eigenvalue weighted by Crippen LogP contribution is 2.30. The van der Waals surface area contributed by atoms with Gasteiger partial charge in [0.2, 0.25) is 0 Å². The Morgan fingerprint density at radius 3 is 2.61 bits per heavy atom. The summed E-state index contributed by atoms with van der Waals surface area (Å²) in [6.07, 6.45) is 2.88. The van der Waals surface area contributed by atoms with Crippen molar-refractivity contribution >= 4 is 11.9 Å². The van der Waals surface area contributed by atoms with E-state index in [0.29, 0.717) is 0 Å². The van der Waals surface area contributed by atoms with Gasteiger partial charge in [0.25, 0.3) is 0 Å². The van der Waals surface area contributed by atoms with E-state index in [1.807, 2.05) is 26.1 Å². The highest BCUT2D eigenvalue weighted by Gasteiger charge is 2.11. The van der Waals surface area contributed by atoms with Gasteiger partial charge in [-0.2, -0.15) is 0 Å². The molecule has 94 valence electrons. The number of aryl methyl sites for hydroxylation is 3. The maximum atomic E-state index is 5.21. The van der Waals surface area contributed by atoms with E-state index in [9.17, 15) is 0 Å². The van der Waals surface area contributed by atoms with Gasteiger partial charge in [-0.1, -0.05) is 18.1 Å². The molecular weight excluding hydrogens is 224 g/mol. The molecule has 1 aromatic carbocycles. The quantitative estimate of drug-likeness (QED) is 0.749. The number of aromatic nitrogens is 1. The zero-order chi connectivity index (χ0) is 13.1. The summed E-state index contributed by atoms with van der Waals surface area (Å²) in [5, 5.41) is 3.99. The minimum absolute atomic E-state index is 0.858. The van der Waals surface area contributed by atoms with Gasteiger partial charge in [-0.25, -0.2) is 0 Å². The summed E-state index contributed by atoms with van der Waals surface area (Å²) in [7, 11) is 0. The Bertz CT molecular complexity index is 563. The predicted molar refractivity (Wildman–Crippen MR) is 74.6 cm³/mol. The average molecular weight is 242 g/mol. The second-order valence-electron chi connectivity index (χ2n) is 4.42. The summed E-state index contributed by atoms with van der Waals surface area (Å²) in [6.45, 7) is 8.05. The van der Waals surface area contributed by atoms with Crippen LogP contribution in [0, 0.1) is 20.8 Å². The van der Waals surface area contributed by atoms with Crippen LogP contribution in [0.5, 0.6) is 0 Å². The molecule has 3 heteroatoms. The molecule has 0 saturated carbocycles. The molecule has 0 aliphatic rings. The first-order valence-electron chi connectivity index (χ1n) is 6.20. The number of rotatable bonds is 3. The van der Waals surface area contributed by atoms with Crippen LogP contribution in [0.3, 0.4) is 0 Å². The molecule has 0 spiro atoms. The first-order chi connectivity index (χ1) is 8.63. The fourth-order valence-corrected chi connectivity index (χ4v) is 2.04. The number of benzene rings is 1. The Morgan fingerprint density at radius 1 is 1.28 bits per heavy atom. The lowest BCUT2D eigenvalue weighted by Crippen LogP contribution is -1.84. The number of hydrogen-bond donors (Lipinski definition) is 0. The third-order valence-electron chi connectivity index (χ3n) is 2.93. The Hall–Kier alpha value is -1.90. The summed E-state index contributed by atoms with van der Waals surface area (Å²) >= 11 is 0. The van der Waals surface area contributed by atoms with E-state index >= 15 is 0 Å². The number of hydrogen-bond acceptors (Lipinski definition) is 3. The van der Waals surface area contributed by atoms with Crippen LogP contribution in [-0.2, 0) is 0 Å². The van der Waals surface area contributed by atoms with Gasteiger partial charge in [-0.15, -0.1) is 0 Å². The zero-order valence-corrected chi connectivity index (χ0v) is 11.3. The smallest absolute Gasteiger partial charge is 0.141 e. The summed E-state index contributed by atoms with van der Waals surface area (Å²) in [6, 6.07) is 6.25. The molecule has 0 aliphatic heterocycles. The van der Waals surface area contributed by atoms with Crippen molar-refractivity contribution in [3.8, 4) is 11.1 Å². The normalized spacial score (nSPS) is 11.3. The molecule has 2 rings (SSSR count). The van der Waals surface area contributed by atoms with Crippen molar-refractivity contribution in [1.82, 2.24) is 5.16 Å². The third kappa shape index (κ3) is 2.35. The Kier molecular flexibility index (Phi) is 3.60. The molecule has 0 atom stereocenters. The highest BCUT2D eigenvalue weighted by molar-refractivity contribution is 5.72. The summed E-state index contributed by atoms with van der Waals surface area (Å²) in [5.74, 6) is 0.858. The molecule has 2 aromatic rings. The summed E-state index contributed by atoms with van der Waals surface area (Å²) in [4.78, 5) is 4.43. The molecule has 3 nitrogen and oxygen atoms in total. The van der Waals surface area contributed by atoms with Crippen molar-refractivity contribution in [2.24, 2.45) is 4.99 Å². The van der Waals surface area contributed by atoms with Crippen LogP contribution < -0.4 is 0 Å². The molecular formula is C15H18N2O. The van der Waals surface area contributed by atoms with Crippen LogP contribution in [0.2, 0.25) is 0 Å². The van der Waals surface area contributed by atoms with Gasteiger partial charge in [0.1, 0.15) is 5.76 Å². The summed E-state index contributed by atoms with van der Waals surface area (Å²) in [5.41, 5.74) is 5.34. The largest absolute Gasteiger partial charge is 0.361 e. The Labute approximate surface area is 108 Å². The molecule has 1 heterocycles. The minimum Gasteiger partial charge on any atom is -0.361 e. The Balaban J connectivity index is 2.43. The molecule has 0 unspecified atom stereocenters. The van der Waals surface area contributed by atoms with Gasteiger partial charge in [0, 0.05) is 11.8 Å². The second kappa shape index (κ2) is 5.17. The molecule has 0 N–H and O–H groups in total. The molecule has 0 bridgehead atoms. The molecule has 0 amide bonds. The van der Waals surface area contributed by atoms with E-state index in [-0.39, 0.29) is 0 Å². The van der Waals surface area contributed by atoms with Gasteiger partial charge < -0.3 is 4.52 Å². The lowest BCUT2D eigenvalue weighted by molar-refractivity contribution is 0.393. The van der Waals surface area contributed by atoms with Crippen molar-refractivity contribution < 1.29 is 4.52 Å². The maximum absolute atomic E-state index is 5.21. The Morgan fingerprint density at radius 2 is 2.06 bits per heavy atom. The highest BCUT2D eigenvalue weighted by atomic mass is 16.5. The fourth-order valence-electron chi connectivity index (χ4n) is 2.04. The van der Waals surface area contributed by atoms with Gasteiger partial charge in [-0.3, -0.25) is 4.99 Å². The van der Waals surface area contributed by atoms with Crippen LogP contribution in [0.15, 0.2) is 27.7 Å². The molecule has 0 saturated heterocycles. The van der Waals surface area contributed by atoms with E-state index < -0.39 is 0 Å². The van der Waals surface area contributed by atoms with Crippen molar-refractivity contribution in [3.05, 3.63) is 35.2 Å². The molecule has 0 aliphatic carbocycles. The SMILES string of the molecule is CCC=Nc1ccc(-c2c(C)noc2C)cc1C. The number of aliphatic imine (C=N–C) groups is 1. The van der Waals surface area contributed by atoms with E-state index in [1.54, 1.807) is 0 Å². The van der Waals surface area contributed by atoms with E-state index in [4.69, 9.17) is 4.52 Å². The van der Waals surface area contributed by atoms with Gasteiger partial charge in [0.05, 0.1) is 11.4 Å². The predicted octanol–water partition coefficient (Wildman–Crippen LogP) is 4.38. The molecule has 1 aromatic heterocycles. The van der Waals surface area contributed by atoms with Crippen LogP contribution in [0.4, 0.5) is 5.69 Å². The van der Waals surface area contributed by atoms with Crippen molar-refractivity contribution in [2.75, 3.05) is 0 Å². The lowest BCUT2D eigenvalue weighted by atomic mass is 10.0. The molecule has 18 heavy (non-hydrogen) atoms. The first-order valence-corrected chi connectivity index (χ1v) is 6.20. The van der Waals surface area contributed by atoms with E-state index in [1.165, 1.54) is 0 Å². The van der Waals surface area contributed by atoms with Crippen molar-refractivity contribution in [1.29, 1.82) is 0 Å². The maximum Gasteiger partial charge on any atom is 0.141 e. The summed E-state index contributed by atoms with van der Waals surface area (Å²) < 4.78 is 5.21. The minimum atomic E-state index is 0.858. The number of nitrogens with zero attached hydrogens (tertiary/aromatic N) is 2. The van der Waals surface area contributed by atoms with E-state index in [0.717, 1.165) is 40.3 Å². The van der Waals surface area contributed by atoms with Crippen molar-refractivity contribution in [2.45, 2.75) is 34.1 Å². The monoisotopic (exact) mass is 242 g/mol. The van der Waals surface area contributed by atoms with Crippen molar-refractivity contribution in [3.63, 3.8) is 0 Å². The van der Waals surface area contributed by atoms with Crippen LogP contribution >= 0.6 is 0 Å². The van der Waals surface area contributed by atoms with Gasteiger partial charge in [0.15, 0.2) is 0 Å². The average Bonchev–Trinajstić information content (AvgIpc) is 2.68. The van der Waals surface area contributed by atoms with Crippen LogP contribution in [0.1, 0.15) is 30.4 Å². The molecule has 0 radical (unpaired) electrons.